The Morgan fingerprint density at radius 1 is 1.48 bits per heavy atom. The highest BCUT2D eigenvalue weighted by Gasteiger charge is 2.60. The molecule has 0 bridgehead atoms. The van der Waals surface area contributed by atoms with E-state index in [9.17, 15) is 20.0 Å². The van der Waals surface area contributed by atoms with Gasteiger partial charge in [-0.05, 0) is 31.6 Å². The van der Waals surface area contributed by atoms with Crippen molar-refractivity contribution in [3.05, 3.63) is 47.3 Å². The van der Waals surface area contributed by atoms with Crippen LogP contribution in [0.15, 0.2) is 47.3 Å². The van der Waals surface area contributed by atoms with Crippen molar-refractivity contribution in [2.75, 3.05) is 6.61 Å². The van der Waals surface area contributed by atoms with Crippen molar-refractivity contribution in [1.29, 1.82) is 0 Å². The second kappa shape index (κ2) is 6.95. The molecule has 146 valence electrons. The van der Waals surface area contributed by atoms with Crippen LogP contribution < -0.4 is 0 Å². The normalized spacial score (nSPS) is 35.6. The van der Waals surface area contributed by atoms with Gasteiger partial charge >= 0.3 is 11.9 Å². The van der Waals surface area contributed by atoms with Gasteiger partial charge in [0.2, 0.25) is 0 Å². The third kappa shape index (κ3) is 2.90. The van der Waals surface area contributed by atoms with Crippen LogP contribution in [0.5, 0.6) is 0 Å². The molecule has 0 saturated carbocycles. The van der Waals surface area contributed by atoms with Gasteiger partial charge in [0.25, 0.3) is 0 Å². The van der Waals surface area contributed by atoms with Crippen molar-refractivity contribution in [2.45, 2.75) is 38.1 Å². The van der Waals surface area contributed by atoms with E-state index in [2.05, 4.69) is 6.58 Å². The van der Waals surface area contributed by atoms with E-state index in [0.29, 0.717) is 12.0 Å². The van der Waals surface area contributed by atoms with Gasteiger partial charge in [0.05, 0.1) is 18.4 Å². The highest BCUT2D eigenvalue weighted by Crippen LogP contribution is 2.53. The van der Waals surface area contributed by atoms with Crippen molar-refractivity contribution < 1.29 is 39.4 Å². The Balaban J connectivity index is 2.06. The van der Waals surface area contributed by atoms with Crippen LogP contribution >= 0.6 is 0 Å². The molecule has 3 rings (SSSR count). The Labute approximate surface area is 156 Å². The summed E-state index contributed by atoms with van der Waals surface area (Å²) in [7, 11) is 0. The average Bonchev–Trinajstić information content (AvgIpc) is 3.08. The number of ether oxygens (including phenoxy) is 2. The Morgan fingerprint density at radius 3 is 2.81 bits per heavy atom. The molecule has 1 heterocycles. The Morgan fingerprint density at radius 2 is 2.19 bits per heavy atom. The monoisotopic (exact) mass is 378 g/mol. The SMILES string of the molecule is C=C1C(=O)O[C@H]2[C@H]1[C@H](OC(=O)/C(O)=C/CO)C=C(C)[C@]1(OO)CC=C(C)[C@H]21. The molecule has 1 aliphatic heterocycles. The van der Waals surface area contributed by atoms with Crippen LogP contribution in [-0.2, 0) is 24.0 Å². The summed E-state index contributed by atoms with van der Waals surface area (Å²) in [5, 5.41) is 28.2. The fourth-order valence-corrected chi connectivity index (χ4v) is 4.25. The molecular weight excluding hydrogens is 356 g/mol. The van der Waals surface area contributed by atoms with E-state index in [1.165, 1.54) is 0 Å². The van der Waals surface area contributed by atoms with Crippen LogP contribution in [0.25, 0.3) is 0 Å². The molecule has 0 radical (unpaired) electrons. The second-order valence-electron chi connectivity index (χ2n) is 7.02. The standard InChI is InChI=1S/C19H22O8/c1-9-4-6-19(27-24)10(2)8-13(25-18(23)12(21)5-7-20)14-11(3)17(22)26-16(14)15(9)19/h4-5,8,13-16,20-21,24H,3,6-7H2,1-2H3/b12-5-/t13-,14-,15-,16+,19-/m1/s1. The topological polar surface area (TPSA) is 123 Å². The van der Waals surface area contributed by atoms with Crippen molar-refractivity contribution >= 4 is 11.9 Å². The molecule has 0 aromatic heterocycles. The largest absolute Gasteiger partial charge is 0.502 e. The molecule has 8 heteroatoms. The number of rotatable bonds is 4. The van der Waals surface area contributed by atoms with E-state index < -0.39 is 53.9 Å². The van der Waals surface area contributed by atoms with Crippen LogP contribution in [0.4, 0.5) is 0 Å². The van der Waals surface area contributed by atoms with Gasteiger partial charge in [-0.1, -0.05) is 18.2 Å². The smallest absolute Gasteiger partial charge is 0.373 e. The van der Waals surface area contributed by atoms with E-state index in [4.69, 9.17) is 19.5 Å². The van der Waals surface area contributed by atoms with Gasteiger partial charge in [-0.2, -0.15) is 0 Å². The molecule has 0 aromatic carbocycles. The summed E-state index contributed by atoms with van der Waals surface area (Å²) in [5.41, 5.74) is 0.483. The number of carbonyl (C=O) groups excluding carboxylic acids is 2. The van der Waals surface area contributed by atoms with Crippen molar-refractivity contribution in [2.24, 2.45) is 11.8 Å². The zero-order valence-corrected chi connectivity index (χ0v) is 15.0. The lowest BCUT2D eigenvalue weighted by atomic mass is 9.76. The lowest BCUT2D eigenvalue weighted by Crippen LogP contribution is -2.46. The summed E-state index contributed by atoms with van der Waals surface area (Å²) >= 11 is 0. The number of aliphatic hydroxyl groups is 2. The maximum atomic E-state index is 12.2. The fraction of sp³-hybridized carbons (Fsp3) is 0.474. The molecule has 3 N–H and O–H groups in total. The first-order valence-corrected chi connectivity index (χ1v) is 8.55. The lowest BCUT2D eigenvalue weighted by molar-refractivity contribution is -0.323. The first kappa shape index (κ1) is 19.3. The Hall–Kier alpha value is -2.42. The summed E-state index contributed by atoms with van der Waals surface area (Å²) in [4.78, 5) is 29.2. The molecular formula is C19H22O8. The molecule has 1 fully saturated rings. The number of hydrogen-bond donors (Lipinski definition) is 3. The molecule has 2 aliphatic carbocycles. The average molecular weight is 378 g/mol. The van der Waals surface area contributed by atoms with Crippen LogP contribution in [0.3, 0.4) is 0 Å². The third-order valence-corrected chi connectivity index (χ3v) is 5.65. The summed E-state index contributed by atoms with van der Waals surface area (Å²) in [6, 6.07) is 0. The van der Waals surface area contributed by atoms with Crippen molar-refractivity contribution in [3.8, 4) is 0 Å². The lowest BCUT2D eigenvalue weighted by Gasteiger charge is -2.36. The predicted molar refractivity (Wildman–Crippen MR) is 92.3 cm³/mol. The minimum atomic E-state index is -1.14. The van der Waals surface area contributed by atoms with Crippen molar-refractivity contribution in [3.63, 3.8) is 0 Å². The van der Waals surface area contributed by atoms with Gasteiger partial charge in [0.1, 0.15) is 17.8 Å². The molecule has 0 unspecified atom stereocenters. The second-order valence-corrected chi connectivity index (χ2v) is 7.02. The predicted octanol–water partition coefficient (Wildman–Crippen LogP) is 1.58. The summed E-state index contributed by atoms with van der Waals surface area (Å²) < 4.78 is 10.9. The molecule has 0 spiro atoms. The maximum Gasteiger partial charge on any atom is 0.373 e. The summed E-state index contributed by atoms with van der Waals surface area (Å²) in [5.74, 6) is -3.59. The van der Waals surface area contributed by atoms with E-state index in [0.717, 1.165) is 11.6 Å². The molecule has 1 saturated heterocycles. The van der Waals surface area contributed by atoms with E-state index in [-0.39, 0.29) is 5.57 Å². The first-order valence-electron chi connectivity index (χ1n) is 8.55. The number of hydrogen-bond acceptors (Lipinski definition) is 8. The highest BCUT2D eigenvalue weighted by atomic mass is 17.1. The van der Waals surface area contributed by atoms with Gasteiger partial charge < -0.3 is 19.7 Å². The zero-order chi connectivity index (χ0) is 19.9. The minimum absolute atomic E-state index is 0.140. The molecule has 8 nitrogen and oxygen atoms in total. The summed E-state index contributed by atoms with van der Waals surface area (Å²) in [6.45, 7) is 6.83. The van der Waals surface area contributed by atoms with E-state index >= 15 is 0 Å². The number of aliphatic hydroxyl groups excluding tert-OH is 2. The first-order chi connectivity index (χ1) is 12.8. The van der Waals surface area contributed by atoms with E-state index in [1.54, 1.807) is 13.0 Å². The number of esters is 2. The number of fused-ring (bicyclic) bond motifs is 3. The Bertz CT molecular complexity index is 777. The van der Waals surface area contributed by atoms with Gasteiger partial charge in [-0.25, -0.2) is 14.5 Å². The molecule has 3 aliphatic rings. The van der Waals surface area contributed by atoms with E-state index in [1.807, 2.05) is 13.0 Å². The van der Waals surface area contributed by atoms with Crippen molar-refractivity contribution in [1.82, 2.24) is 0 Å². The van der Waals surface area contributed by atoms with Crippen LogP contribution in [0.1, 0.15) is 20.3 Å². The van der Waals surface area contributed by atoms with Crippen LogP contribution in [0.2, 0.25) is 0 Å². The molecule has 5 atom stereocenters. The quantitative estimate of drug-likeness (QED) is 0.168. The van der Waals surface area contributed by atoms with Gasteiger partial charge in [0, 0.05) is 12.0 Å². The highest BCUT2D eigenvalue weighted by molar-refractivity contribution is 5.92. The van der Waals surface area contributed by atoms with Crippen LogP contribution in [-0.4, -0.2) is 51.8 Å². The number of carbonyl (C=O) groups is 2. The Kier molecular flexibility index (Phi) is 4.98. The van der Waals surface area contributed by atoms with Crippen LogP contribution in [0, 0.1) is 11.8 Å². The molecule has 0 amide bonds. The van der Waals surface area contributed by atoms with Gasteiger partial charge in [0.15, 0.2) is 5.76 Å². The minimum Gasteiger partial charge on any atom is -0.502 e. The maximum absolute atomic E-state index is 12.2. The molecule has 0 aromatic rings. The van der Waals surface area contributed by atoms with Gasteiger partial charge in [-0.3, -0.25) is 5.26 Å². The molecule has 27 heavy (non-hydrogen) atoms. The van der Waals surface area contributed by atoms with Gasteiger partial charge in [-0.15, -0.1) is 0 Å². The zero-order valence-electron chi connectivity index (χ0n) is 15.0. The summed E-state index contributed by atoms with van der Waals surface area (Å²) in [6.07, 6.45) is 3.03. The fourth-order valence-electron chi connectivity index (χ4n) is 4.25. The third-order valence-electron chi connectivity index (χ3n) is 5.65.